The third-order valence-electron chi connectivity index (χ3n) is 9.01. The van der Waals surface area contributed by atoms with E-state index in [0.29, 0.717) is 29.9 Å². The predicted molar refractivity (Wildman–Crippen MR) is 192 cm³/mol. The van der Waals surface area contributed by atoms with Gasteiger partial charge in [0.25, 0.3) is 0 Å². The summed E-state index contributed by atoms with van der Waals surface area (Å²) in [5.41, 5.74) is 1.61. The summed E-state index contributed by atoms with van der Waals surface area (Å²) in [6.07, 6.45) is -4.75. The number of carbonyl (C=O) groups excluding carboxylic acids is 2. The highest BCUT2D eigenvalue weighted by atomic mass is 35.5. The second-order valence-electron chi connectivity index (χ2n) is 14.1. The zero-order valence-electron chi connectivity index (χ0n) is 30.2. The van der Waals surface area contributed by atoms with Crippen LogP contribution in [-0.2, 0) is 31.0 Å². The topological polar surface area (TPSA) is 141 Å². The van der Waals surface area contributed by atoms with Gasteiger partial charge in [0.2, 0.25) is 15.9 Å². The number of carboxylic acids is 1. The molecule has 0 bridgehead atoms. The number of benzene rings is 2. The highest BCUT2D eigenvalue weighted by Gasteiger charge is 2.46. The van der Waals surface area contributed by atoms with Gasteiger partial charge in [-0.1, -0.05) is 35.3 Å². The molecule has 12 nitrogen and oxygen atoms in total. The van der Waals surface area contributed by atoms with Crippen molar-refractivity contribution in [2.45, 2.75) is 49.9 Å². The van der Waals surface area contributed by atoms with Gasteiger partial charge in [0.1, 0.15) is 34.3 Å². The summed E-state index contributed by atoms with van der Waals surface area (Å²) >= 11 is 13.3. The number of hydrogen-bond donors (Lipinski definition) is 1. The number of ether oxygens (including phenoxy) is 2. The third-order valence-corrected chi connectivity index (χ3v) is 11.5. The minimum Gasteiger partial charge on any atom is -0.542 e. The standard InChI is InChI=1S/C33H44Cl2N5O5S.C2HF3O2/c1-23-21-24(2)36-31-25(23)7-6-8-28(31)45-22-26-27(34)9-10-29(30(26)35)46(42,43)37-33(11-19-44-20-12-33)32(41)39-15-13-38(14-16-39)17-18-40(3,4)5;3-2(4,5)1(6)7/h6-10,21,37H,11-20,22H2,1-5H3;(H,6,7)/q+1;/p-1. The van der Waals surface area contributed by atoms with Crippen molar-refractivity contribution in [2.24, 2.45) is 0 Å². The van der Waals surface area contributed by atoms with Gasteiger partial charge in [0.15, 0.2) is 0 Å². The van der Waals surface area contributed by atoms with Gasteiger partial charge in [-0.2, -0.15) is 17.9 Å². The van der Waals surface area contributed by atoms with Crippen LogP contribution in [0.5, 0.6) is 5.75 Å². The highest BCUT2D eigenvalue weighted by Crippen LogP contribution is 2.35. The molecule has 0 unspecified atom stereocenters. The number of hydrogen-bond acceptors (Lipinski definition) is 9. The molecule has 18 heteroatoms. The Morgan fingerprint density at radius 2 is 1.68 bits per heavy atom. The summed E-state index contributed by atoms with van der Waals surface area (Å²) in [5, 5.41) is 9.95. The molecule has 0 atom stereocenters. The van der Waals surface area contributed by atoms with Crippen molar-refractivity contribution in [3.8, 4) is 5.75 Å². The second-order valence-corrected chi connectivity index (χ2v) is 16.5. The fourth-order valence-electron chi connectivity index (χ4n) is 6.05. The molecule has 0 radical (unpaired) electrons. The molecule has 1 amide bonds. The van der Waals surface area contributed by atoms with Crippen LogP contribution in [0, 0.1) is 13.8 Å². The smallest absolute Gasteiger partial charge is 0.430 e. The first kappa shape index (κ1) is 42.5. The predicted octanol–water partition coefficient (Wildman–Crippen LogP) is 3.71. The Kier molecular flexibility index (Phi) is 13.7. The van der Waals surface area contributed by atoms with Gasteiger partial charge in [-0.3, -0.25) is 9.69 Å². The van der Waals surface area contributed by atoms with Crippen LogP contribution in [0.15, 0.2) is 41.3 Å². The van der Waals surface area contributed by atoms with Crippen LogP contribution < -0.4 is 14.6 Å². The molecule has 1 N–H and O–H groups in total. The van der Waals surface area contributed by atoms with Gasteiger partial charge in [-0.15, -0.1) is 0 Å². The number of likely N-dealkylation sites (N-methyl/N-ethyl adjacent to an activating group) is 1. The maximum absolute atomic E-state index is 14.1. The van der Waals surface area contributed by atoms with Crippen molar-refractivity contribution in [3.63, 3.8) is 0 Å². The lowest BCUT2D eigenvalue weighted by Gasteiger charge is -2.43. The van der Waals surface area contributed by atoms with Gasteiger partial charge in [-0.05, 0) is 56.5 Å². The molecular formula is C35H44Cl2F3N5O7S. The third kappa shape index (κ3) is 10.9. The number of piperazine rings is 1. The number of amides is 1. The van der Waals surface area contributed by atoms with Gasteiger partial charge in [0.05, 0.1) is 32.7 Å². The molecule has 292 valence electrons. The first-order valence-electron chi connectivity index (χ1n) is 16.8. The number of aromatic nitrogens is 1. The van der Waals surface area contributed by atoms with Crippen LogP contribution in [0.3, 0.4) is 0 Å². The van der Waals surface area contributed by atoms with Crippen molar-refractivity contribution in [1.82, 2.24) is 19.5 Å². The van der Waals surface area contributed by atoms with E-state index in [0.717, 1.165) is 47.3 Å². The highest BCUT2D eigenvalue weighted by molar-refractivity contribution is 7.89. The first-order valence-corrected chi connectivity index (χ1v) is 19.1. The number of carboxylic acid groups (broad SMARTS) is 1. The lowest BCUT2D eigenvalue weighted by molar-refractivity contribution is -0.869. The van der Waals surface area contributed by atoms with E-state index in [2.05, 4.69) is 35.7 Å². The summed E-state index contributed by atoms with van der Waals surface area (Å²) in [4.78, 5) is 31.5. The average Bonchev–Trinajstić information content (AvgIpc) is 3.07. The van der Waals surface area contributed by atoms with Crippen molar-refractivity contribution in [1.29, 1.82) is 0 Å². The summed E-state index contributed by atoms with van der Waals surface area (Å²) in [6.45, 7) is 8.87. The lowest BCUT2D eigenvalue weighted by atomic mass is 9.89. The van der Waals surface area contributed by atoms with Crippen molar-refractivity contribution in [3.05, 3.63) is 63.3 Å². The molecule has 2 aromatic carbocycles. The number of sulfonamides is 1. The number of para-hydroxylation sites is 1. The molecular weight excluding hydrogens is 762 g/mol. The van der Waals surface area contributed by atoms with Crippen molar-refractivity contribution >= 4 is 56.0 Å². The summed E-state index contributed by atoms with van der Waals surface area (Å²) in [7, 11) is 2.22. The molecule has 3 heterocycles. The number of quaternary nitrogens is 1. The molecule has 0 aliphatic carbocycles. The van der Waals surface area contributed by atoms with E-state index >= 15 is 0 Å². The molecule has 5 rings (SSSR count). The Labute approximate surface area is 317 Å². The zero-order chi connectivity index (χ0) is 39.4. The summed E-state index contributed by atoms with van der Waals surface area (Å²) in [6, 6.07) is 10.5. The lowest BCUT2D eigenvalue weighted by Crippen LogP contribution is -2.64. The maximum atomic E-state index is 14.1. The molecule has 1 aromatic heterocycles. The Bertz CT molecular complexity index is 1910. The van der Waals surface area contributed by atoms with E-state index in [-0.39, 0.29) is 53.5 Å². The van der Waals surface area contributed by atoms with Crippen molar-refractivity contribution in [2.75, 3.05) is 73.6 Å². The Balaban J connectivity index is 0.000000815. The SMILES string of the molecule is Cc1cc(C)c2cccc(OCc3c(Cl)ccc(S(=O)(=O)NC4(C(=O)N5CCN(CC[N+](C)(C)C)CC5)CCOCC4)c3Cl)c2n1.O=C([O-])C(F)(F)F. The van der Waals surface area contributed by atoms with Gasteiger partial charge < -0.3 is 28.8 Å². The van der Waals surface area contributed by atoms with Crippen LogP contribution >= 0.6 is 23.2 Å². The second kappa shape index (κ2) is 17.0. The quantitative estimate of drug-likeness (QED) is 0.304. The molecule has 0 spiro atoms. The molecule has 2 aliphatic rings. The summed E-state index contributed by atoms with van der Waals surface area (Å²) < 4.78 is 74.9. The largest absolute Gasteiger partial charge is 0.542 e. The van der Waals surface area contributed by atoms with Crippen molar-refractivity contribution < 1.29 is 50.2 Å². The molecule has 0 saturated carbocycles. The van der Waals surface area contributed by atoms with E-state index in [1.165, 1.54) is 12.1 Å². The van der Waals surface area contributed by atoms with Gasteiger partial charge in [-0.25, -0.2) is 13.4 Å². The van der Waals surface area contributed by atoms with E-state index < -0.39 is 27.7 Å². The molecule has 53 heavy (non-hydrogen) atoms. The Morgan fingerprint density at radius 3 is 2.26 bits per heavy atom. The Morgan fingerprint density at radius 1 is 1.06 bits per heavy atom. The summed E-state index contributed by atoms with van der Waals surface area (Å²) in [5.74, 6) is -2.70. The van der Waals surface area contributed by atoms with E-state index in [1.807, 2.05) is 38.1 Å². The molecule has 3 aromatic rings. The minimum absolute atomic E-state index is 0.0546. The van der Waals surface area contributed by atoms with E-state index in [9.17, 15) is 26.4 Å². The number of nitrogens with zero attached hydrogens (tertiary/aromatic N) is 4. The number of rotatable bonds is 10. The maximum Gasteiger partial charge on any atom is 0.430 e. The molecule has 2 aliphatic heterocycles. The number of aryl methyl sites for hydroxylation is 2. The normalized spacial score (nSPS) is 16.9. The van der Waals surface area contributed by atoms with E-state index in [4.69, 9.17) is 42.6 Å². The fraction of sp³-hybridized carbons (Fsp3) is 0.514. The van der Waals surface area contributed by atoms with Crippen LogP contribution in [0.4, 0.5) is 13.2 Å². The van der Waals surface area contributed by atoms with Crippen LogP contribution in [0.1, 0.15) is 29.7 Å². The molecule has 2 saturated heterocycles. The van der Waals surface area contributed by atoms with Crippen LogP contribution in [0.25, 0.3) is 10.9 Å². The van der Waals surface area contributed by atoms with Crippen LogP contribution in [-0.4, -0.2) is 125 Å². The number of fused-ring (bicyclic) bond motifs is 1. The van der Waals surface area contributed by atoms with E-state index in [1.54, 1.807) is 4.90 Å². The number of carbonyl (C=O) groups is 2. The van der Waals surface area contributed by atoms with Gasteiger partial charge in [0, 0.05) is 67.6 Å². The number of nitrogens with one attached hydrogen (secondary N) is 1. The number of pyridine rings is 1. The monoisotopic (exact) mass is 805 g/mol. The Hall–Kier alpha value is -3.25. The average molecular weight is 807 g/mol. The van der Waals surface area contributed by atoms with Gasteiger partial charge >= 0.3 is 6.18 Å². The minimum atomic E-state index is -5.19. The molecule has 2 fully saturated rings. The fourth-order valence-corrected chi connectivity index (χ4v) is 8.35. The number of halogens is 5. The number of alkyl halides is 3. The van der Waals surface area contributed by atoms with Crippen LogP contribution in [0.2, 0.25) is 10.0 Å². The number of aliphatic carboxylic acids is 1. The zero-order valence-corrected chi connectivity index (χ0v) is 32.5. The first-order chi connectivity index (χ1) is 24.6.